The highest BCUT2D eigenvalue weighted by Crippen LogP contribution is 2.35. The highest BCUT2D eigenvalue weighted by Gasteiger charge is 2.34. The second-order valence-corrected chi connectivity index (χ2v) is 8.82. The SMILES string of the molecule is CC(C)C(=O)N1N=C(c2ccccc2NS(C)(=O)=O)C[C@@H]1c1ccc(F)cc1. The summed E-state index contributed by atoms with van der Waals surface area (Å²) in [6.07, 6.45) is 1.47. The quantitative estimate of drug-likeness (QED) is 0.829. The van der Waals surface area contributed by atoms with Crippen molar-refractivity contribution in [3.05, 3.63) is 65.5 Å². The fraction of sp³-hybridized carbons (Fsp3) is 0.300. The van der Waals surface area contributed by atoms with Crippen LogP contribution < -0.4 is 4.72 Å². The summed E-state index contributed by atoms with van der Waals surface area (Å²) in [4.78, 5) is 12.7. The van der Waals surface area contributed by atoms with Crippen molar-refractivity contribution in [2.75, 3.05) is 11.0 Å². The minimum atomic E-state index is -3.47. The summed E-state index contributed by atoms with van der Waals surface area (Å²) >= 11 is 0. The van der Waals surface area contributed by atoms with E-state index >= 15 is 0 Å². The zero-order valence-electron chi connectivity index (χ0n) is 15.9. The number of carbonyl (C=O) groups is 1. The Morgan fingerprint density at radius 2 is 1.82 bits per heavy atom. The topological polar surface area (TPSA) is 78.8 Å². The average Bonchev–Trinajstić information content (AvgIpc) is 3.05. The third kappa shape index (κ3) is 4.39. The van der Waals surface area contributed by atoms with Gasteiger partial charge in [0.2, 0.25) is 15.9 Å². The highest BCUT2D eigenvalue weighted by molar-refractivity contribution is 7.92. The number of halogens is 1. The maximum absolute atomic E-state index is 13.3. The van der Waals surface area contributed by atoms with Gasteiger partial charge in [-0.15, -0.1) is 0 Å². The van der Waals surface area contributed by atoms with Gasteiger partial charge in [-0.3, -0.25) is 9.52 Å². The number of nitrogens with zero attached hydrogens (tertiary/aromatic N) is 2. The van der Waals surface area contributed by atoms with Crippen molar-refractivity contribution in [2.45, 2.75) is 26.3 Å². The number of hydrogen-bond donors (Lipinski definition) is 1. The van der Waals surface area contributed by atoms with Gasteiger partial charge in [0.05, 0.1) is 23.7 Å². The number of hydrazone groups is 1. The summed E-state index contributed by atoms with van der Waals surface area (Å²) in [7, 11) is -3.47. The van der Waals surface area contributed by atoms with Gasteiger partial charge in [0.25, 0.3) is 0 Å². The Hall–Kier alpha value is -2.74. The van der Waals surface area contributed by atoms with Crippen molar-refractivity contribution in [3.8, 4) is 0 Å². The van der Waals surface area contributed by atoms with E-state index in [9.17, 15) is 17.6 Å². The van der Waals surface area contributed by atoms with Gasteiger partial charge < -0.3 is 0 Å². The van der Waals surface area contributed by atoms with Crippen LogP contribution in [0.1, 0.15) is 37.4 Å². The zero-order chi connectivity index (χ0) is 20.5. The van der Waals surface area contributed by atoms with E-state index in [4.69, 9.17) is 0 Å². The molecule has 3 rings (SSSR count). The molecule has 0 aromatic heterocycles. The van der Waals surface area contributed by atoms with Crippen LogP contribution in [0.2, 0.25) is 0 Å². The van der Waals surface area contributed by atoms with Crippen LogP contribution >= 0.6 is 0 Å². The number of hydrogen-bond acceptors (Lipinski definition) is 4. The second kappa shape index (κ2) is 7.71. The van der Waals surface area contributed by atoms with E-state index < -0.39 is 10.0 Å². The van der Waals surface area contributed by atoms with Gasteiger partial charge in [-0.2, -0.15) is 5.10 Å². The third-order valence-corrected chi connectivity index (χ3v) is 5.01. The maximum Gasteiger partial charge on any atom is 0.245 e. The molecular formula is C20H22FN3O3S. The Kier molecular flexibility index (Phi) is 5.51. The number of sulfonamides is 1. The minimum Gasteiger partial charge on any atom is -0.283 e. The van der Waals surface area contributed by atoms with E-state index in [1.807, 2.05) is 0 Å². The molecule has 1 N–H and O–H groups in total. The van der Waals surface area contributed by atoms with Crippen molar-refractivity contribution < 1.29 is 17.6 Å². The molecular weight excluding hydrogens is 381 g/mol. The molecule has 0 saturated heterocycles. The smallest absolute Gasteiger partial charge is 0.245 e. The molecule has 1 atom stereocenters. The van der Waals surface area contributed by atoms with E-state index in [1.54, 1.807) is 50.2 Å². The summed E-state index contributed by atoms with van der Waals surface area (Å²) in [6.45, 7) is 3.58. The molecule has 2 aromatic rings. The number of anilines is 1. The molecule has 1 amide bonds. The Morgan fingerprint density at radius 3 is 2.43 bits per heavy atom. The number of para-hydroxylation sites is 1. The van der Waals surface area contributed by atoms with Gasteiger partial charge in [0.15, 0.2) is 0 Å². The predicted molar refractivity (Wildman–Crippen MR) is 107 cm³/mol. The van der Waals surface area contributed by atoms with Crippen molar-refractivity contribution in [3.63, 3.8) is 0 Å². The lowest BCUT2D eigenvalue weighted by molar-refractivity contribution is -0.136. The van der Waals surface area contributed by atoms with E-state index in [-0.39, 0.29) is 23.7 Å². The fourth-order valence-corrected chi connectivity index (χ4v) is 3.69. The summed E-state index contributed by atoms with van der Waals surface area (Å²) in [5.41, 5.74) is 2.37. The summed E-state index contributed by atoms with van der Waals surface area (Å²) < 4.78 is 39.2. The van der Waals surface area contributed by atoms with E-state index in [0.29, 0.717) is 23.4 Å². The maximum atomic E-state index is 13.3. The number of carbonyl (C=O) groups excluding carboxylic acids is 1. The molecule has 2 aromatic carbocycles. The molecule has 148 valence electrons. The monoisotopic (exact) mass is 403 g/mol. The van der Waals surface area contributed by atoms with Crippen LogP contribution in [-0.2, 0) is 14.8 Å². The van der Waals surface area contributed by atoms with Crippen LogP contribution in [0, 0.1) is 11.7 Å². The van der Waals surface area contributed by atoms with E-state index in [1.165, 1.54) is 17.1 Å². The molecule has 1 aliphatic rings. The van der Waals surface area contributed by atoms with Crippen LogP contribution in [0.3, 0.4) is 0 Å². The minimum absolute atomic E-state index is 0.155. The average molecular weight is 403 g/mol. The van der Waals surface area contributed by atoms with Crippen LogP contribution in [0.5, 0.6) is 0 Å². The molecule has 0 radical (unpaired) electrons. The van der Waals surface area contributed by atoms with Crippen LogP contribution in [0.15, 0.2) is 53.6 Å². The normalized spacial score (nSPS) is 17.0. The van der Waals surface area contributed by atoms with Crippen molar-refractivity contribution >= 4 is 27.3 Å². The lowest BCUT2D eigenvalue weighted by Crippen LogP contribution is -2.30. The first-order valence-corrected chi connectivity index (χ1v) is 10.8. The van der Waals surface area contributed by atoms with Gasteiger partial charge in [-0.05, 0) is 23.8 Å². The number of benzene rings is 2. The van der Waals surface area contributed by atoms with Gasteiger partial charge >= 0.3 is 0 Å². The Balaban J connectivity index is 2.02. The van der Waals surface area contributed by atoms with E-state index in [0.717, 1.165) is 11.8 Å². The molecule has 1 heterocycles. The fourth-order valence-electron chi connectivity index (χ4n) is 3.11. The van der Waals surface area contributed by atoms with Crippen molar-refractivity contribution in [1.29, 1.82) is 0 Å². The number of rotatable bonds is 5. The Labute approximate surface area is 164 Å². The first-order valence-electron chi connectivity index (χ1n) is 8.89. The standard InChI is InChI=1S/C20H22FN3O3S/c1-13(2)20(25)24-19(14-8-10-15(21)11-9-14)12-18(22-24)16-6-4-5-7-17(16)23-28(3,26)27/h4-11,13,19,23H,12H2,1-3H3/t19-/m1/s1. The van der Waals surface area contributed by atoms with Crippen LogP contribution in [0.4, 0.5) is 10.1 Å². The van der Waals surface area contributed by atoms with E-state index in [2.05, 4.69) is 9.82 Å². The molecule has 0 fully saturated rings. The van der Waals surface area contributed by atoms with Gasteiger partial charge in [0, 0.05) is 17.9 Å². The summed E-state index contributed by atoms with van der Waals surface area (Å²) in [5, 5.41) is 5.94. The molecule has 1 aliphatic heterocycles. The van der Waals surface area contributed by atoms with Crippen molar-refractivity contribution in [1.82, 2.24) is 5.01 Å². The second-order valence-electron chi connectivity index (χ2n) is 7.08. The summed E-state index contributed by atoms with van der Waals surface area (Å²) in [6, 6.07) is 12.5. The lowest BCUT2D eigenvalue weighted by atomic mass is 9.97. The van der Waals surface area contributed by atoms with Gasteiger partial charge in [0.1, 0.15) is 5.82 Å². The van der Waals surface area contributed by atoms with Crippen LogP contribution in [-0.4, -0.2) is 31.3 Å². The van der Waals surface area contributed by atoms with Crippen molar-refractivity contribution in [2.24, 2.45) is 11.0 Å². The predicted octanol–water partition coefficient (Wildman–Crippen LogP) is 3.53. The third-order valence-electron chi connectivity index (χ3n) is 4.42. The first kappa shape index (κ1) is 20.0. The van der Waals surface area contributed by atoms with Gasteiger partial charge in [-0.1, -0.05) is 44.2 Å². The highest BCUT2D eigenvalue weighted by atomic mass is 32.2. The lowest BCUT2D eigenvalue weighted by Gasteiger charge is -2.23. The van der Waals surface area contributed by atoms with Gasteiger partial charge in [-0.25, -0.2) is 17.8 Å². The molecule has 6 nitrogen and oxygen atoms in total. The number of amides is 1. The first-order chi connectivity index (χ1) is 13.2. The molecule has 8 heteroatoms. The summed E-state index contributed by atoms with van der Waals surface area (Å²) in [5.74, 6) is -0.777. The molecule has 28 heavy (non-hydrogen) atoms. The molecule has 0 spiro atoms. The molecule has 0 saturated carbocycles. The Bertz CT molecular complexity index is 1020. The zero-order valence-corrected chi connectivity index (χ0v) is 16.7. The largest absolute Gasteiger partial charge is 0.283 e. The van der Waals surface area contributed by atoms with Crippen LogP contribution in [0.25, 0.3) is 0 Å². The molecule has 0 bridgehead atoms. The Morgan fingerprint density at radius 1 is 1.18 bits per heavy atom. The molecule has 0 aliphatic carbocycles. The number of nitrogens with one attached hydrogen (secondary N) is 1. The molecule has 0 unspecified atom stereocenters.